The number of nitrogens with two attached hydrogens (primary N) is 1. The molecule has 108 valence electrons. The third kappa shape index (κ3) is 3.26. The number of alkyl halides is 3. The minimum absolute atomic E-state index is 0.226. The van der Waals surface area contributed by atoms with Crippen molar-refractivity contribution in [2.45, 2.75) is 19.3 Å². The van der Waals surface area contributed by atoms with Gasteiger partial charge < -0.3 is 10.6 Å². The van der Waals surface area contributed by atoms with Crippen LogP contribution in [0.5, 0.6) is 0 Å². The molecule has 0 aliphatic rings. The van der Waals surface area contributed by atoms with Gasteiger partial charge in [0.1, 0.15) is 0 Å². The van der Waals surface area contributed by atoms with E-state index in [4.69, 9.17) is 5.73 Å². The Labute approximate surface area is 118 Å². The van der Waals surface area contributed by atoms with Crippen LogP contribution in [0, 0.1) is 0 Å². The average molecular weight is 302 g/mol. The van der Waals surface area contributed by atoms with Gasteiger partial charge in [-0.3, -0.25) is 0 Å². The van der Waals surface area contributed by atoms with E-state index in [9.17, 15) is 13.2 Å². The van der Waals surface area contributed by atoms with Gasteiger partial charge in [-0.25, -0.2) is 0 Å². The fraction of sp³-hybridized carbons (Fsp3) is 0.333. The van der Waals surface area contributed by atoms with E-state index in [2.05, 4.69) is 9.36 Å². The molecule has 2 N–H and O–H groups in total. The van der Waals surface area contributed by atoms with Crippen molar-refractivity contribution in [3.8, 4) is 0 Å². The second-order valence-corrected chi connectivity index (χ2v) is 4.96. The summed E-state index contributed by atoms with van der Waals surface area (Å²) in [5.74, 6) is -1.10. The number of rotatable bonds is 4. The Morgan fingerprint density at radius 2 is 1.90 bits per heavy atom. The lowest BCUT2D eigenvalue weighted by atomic mass is 10.1. The number of nitrogens with zero attached hydrogens (tertiary/aromatic N) is 3. The van der Waals surface area contributed by atoms with E-state index in [0.717, 1.165) is 22.7 Å². The maximum atomic E-state index is 12.5. The Kier molecular flexibility index (Phi) is 4.24. The normalized spacial score (nSPS) is 11.7. The molecular weight excluding hydrogens is 289 g/mol. The summed E-state index contributed by atoms with van der Waals surface area (Å²) in [4.78, 5) is 5.14. The van der Waals surface area contributed by atoms with Crippen molar-refractivity contribution in [3.05, 3.63) is 41.2 Å². The number of anilines is 1. The van der Waals surface area contributed by atoms with E-state index < -0.39 is 12.0 Å². The predicted octanol–water partition coefficient (Wildman–Crippen LogP) is 2.65. The fourth-order valence-corrected chi connectivity index (χ4v) is 2.36. The summed E-state index contributed by atoms with van der Waals surface area (Å²) in [6.07, 6.45) is -4.51. The van der Waals surface area contributed by atoms with Crippen molar-refractivity contribution in [1.29, 1.82) is 0 Å². The molecule has 0 radical (unpaired) electrons. The Balaban J connectivity index is 2.16. The molecule has 0 spiro atoms. The lowest BCUT2D eigenvalue weighted by Crippen LogP contribution is -2.18. The molecular formula is C12H13F3N4S. The van der Waals surface area contributed by atoms with E-state index in [1.54, 1.807) is 11.9 Å². The molecule has 0 saturated heterocycles. The highest BCUT2D eigenvalue weighted by atomic mass is 32.1. The molecule has 0 aliphatic heterocycles. The van der Waals surface area contributed by atoms with Crippen LogP contribution in [0.4, 0.5) is 18.3 Å². The van der Waals surface area contributed by atoms with Crippen molar-refractivity contribution < 1.29 is 13.2 Å². The minimum atomic E-state index is -4.51. The largest absolute Gasteiger partial charge is 0.452 e. The second kappa shape index (κ2) is 5.76. The van der Waals surface area contributed by atoms with Crippen molar-refractivity contribution in [2.75, 3.05) is 11.9 Å². The van der Waals surface area contributed by atoms with Crippen LogP contribution in [0.15, 0.2) is 24.3 Å². The highest BCUT2D eigenvalue weighted by molar-refractivity contribution is 7.09. The van der Waals surface area contributed by atoms with Crippen LogP contribution in [0.1, 0.15) is 17.0 Å². The molecule has 0 amide bonds. The summed E-state index contributed by atoms with van der Waals surface area (Å²) < 4.78 is 40.7. The highest BCUT2D eigenvalue weighted by Crippen LogP contribution is 2.30. The van der Waals surface area contributed by atoms with Crippen LogP contribution in [0.2, 0.25) is 0 Å². The molecule has 2 aromatic rings. The number of aromatic nitrogens is 2. The summed E-state index contributed by atoms with van der Waals surface area (Å²) in [6, 6.07) is 7.52. The van der Waals surface area contributed by atoms with Gasteiger partial charge in [0, 0.05) is 31.7 Å². The molecule has 20 heavy (non-hydrogen) atoms. The molecule has 0 unspecified atom stereocenters. The first kappa shape index (κ1) is 14.7. The van der Waals surface area contributed by atoms with Gasteiger partial charge in [0.25, 0.3) is 0 Å². The quantitative estimate of drug-likeness (QED) is 0.943. The van der Waals surface area contributed by atoms with Gasteiger partial charge in [0.2, 0.25) is 11.0 Å². The average Bonchev–Trinajstić information content (AvgIpc) is 2.89. The molecule has 0 bridgehead atoms. The SMILES string of the molecule is CN(Cc1ccccc1CN)c1nc(C(F)(F)F)ns1. The minimum Gasteiger partial charge on any atom is -0.346 e. The van der Waals surface area contributed by atoms with Crippen LogP contribution in [-0.4, -0.2) is 16.4 Å². The molecule has 1 aromatic heterocycles. The van der Waals surface area contributed by atoms with Gasteiger partial charge in [-0.1, -0.05) is 24.3 Å². The zero-order chi connectivity index (χ0) is 14.8. The number of halogens is 3. The first-order valence-corrected chi connectivity index (χ1v) is 6.58. The molecule has 2 rings (SSSR count). The Morgan fingerprint density at radius 1 is 1.25 bits per heavy atom. The summed E-state index contributed by atoms with van der Waals surface area (Å²) in [7, 11) is 1.67. The van der Waals surface area contributed by atoms with E-state index >= 15 is 0 Å². The van der Waals surface area contributed by atoms with E-state index in [1.165, 1.54) is 0 Å². The number of hydrogen-bond donors (Lipinski definition) is 1. The van der Waals surface area contributed by atoms with Gasteiger partial charge in [-0.15, -0.1) is 0 Å². The van der Waals surface area contributed by atoms with Crippen molar-refractivity contribution in [2.24, 2.45) is 5.73 Å². The third-order valence-electron chi connectivity index (χ3n) is 2.74. The Bertz CT molecular complexity index is 582. The first-order valence-electron chi connectivity index (χ1n) is 5.80. The van der Waals surface area contributed by atoms with E-state index in [0.29, 0.717) is 13.1 Å². The molecule has 0 fully saturated rings. The predicted molar refractivity (Wildman–Crippen MR) is 71.4 cm³/mol. The van der Waals surface area contributed by atoms with Gasteiger partial charge in [0.05, 0.1) is 0 Å². The van der Waals surface area contributed by atoms with Gasteiger partial charge in [0.15, 0.2) is 0 Å². The van der Waals surface area contributed by atoms with Crippen molar-refractivity contribution in [1.82, 2.24) is 9.36 Å². The van der Waals surface area contributed by atoms with Gasteiger partial charge >= 0.3 is 6.18 Å². The standard InChI is InChI=1S/C12H13F3N4S/c1-19(7-9-5-3-2-4-8(9)6-16)11-17-10(18-20-11)12(13,14)15/h2-5H,6-7,16H2,1H3. The van der Waals surface area contributed by atoms with Crippen molar-refractivity contribution in [3.63, 3.8) is 0 Å². The first-order chi connectivity index (χ1) is 9.41. The van der Waals surface area contributed by atoms with Crippen LogP contribution in [-0.2, 0) is 19.3 Å². The summed E-state index contributed by atoms with van der Waals surface area (Å²) in [5, 5.41) is 0.226. The second-order valence-electron chi connectivity index (χ2n) is 4.23. The van der Waals surface area contributed by atoms with Crippen molar-refractivity contribution >= 4 is 16.7 Å². The fourth-order valence-electron chi connectivity index (χ4n) is 1.72. The maximum absolute atomic E-state index is 12.5. The highest BCUT2D eigenvalue weighted by Gasteiger charge is 2.36. The molecule has 4 nitrogen and oxygen atoms in total. The Morgan fingerprint density at radius 3 is 2.45 bits per heavy atom. The smallest absolute Gasteiger partial charge is 0.346 e. The molecule has 0 aliphatic carbocycles. The molecule has 1 aromatic carbocycles. The van der Waals surface area contributed by atoms with Crippen LogP contribution >= 0.6 is 11.5 Å². The lowest BCUT2D eigenvalue weighted by Gasteiger charge is -2.17. The number of benzene rings is 1. The molecule has 8 heteroatoms. The summed E-state index contributed by atoms with van der Waals surface area (Å²) in [6.45, 7) is 0.813. The van der Waals surface area contributed by atoms with Gasteiger partial charge in [-0.2, -0.15) is 22.5 Å². The molecule has 1 heterocycles. The summed E-state index contributed by atoms with van der Waals surface area (Å²) >= 11 is 0.731. The van der Waals surface area contributed by atoms with Gasteiger partial charge in [-0.05, 0) is 11.1 Å². The third-order valence-corrected chi connectivity index (χ3v) is 3.57. The van der Waals surface area contributed by atoms with E-state index in [-0.39, 0.29) is 5.13 Å². The molecule has 0 atom stereocenters. The maximum Gasteiger partial charge on any atom is 0.452 e. The van der Waals surface area contributed by atoms with Crippen LogP contribution < -0.4 is 10.6 Å². The monoisotopic (exact) mass is 302 g/mol. The van der Waals surface area contributed by atoms with Crippen LogP contribution in [0.3, 0.4) is 0 Å². The van der Waals surface area contributed by atoms with E-state index in [1.807, 2.05) is 24.3 Å². The lowest BCUT2D eigenvalue weighted by molar-refractivity contribution is -0.144. The zero-order valence-electron chi connectivity index (χ0n) is 10.7. The Hall–Kier alpha value is -1.67. The zero-order valence-corrected chi connectivity index (χ0v) is 11.5. The van der Waals surface area contributed by atoms with Crippen LogP contribution in [0.25, 0.3) is 0 Å². The summed E-state index contributed by atoms with van der Waals surface area (Å²) in [5.41, 5.74) is 7.55. The number of hydrogen-bond acceptors (Lipinski definition) is 5. The topological polar surface area (TPSA) is 55.0 Å². The molecule has 0 saturated carbocycles.